The highest BCUT2D eigenvalue weighted by Gasteiger charge is 2.39. The molecule has 4 rings (SSSR count). The number of nitrogens with two attached hydrogens (primary N) is 1. The van der Waals surface area contributed by atoms with Crippen LogP contribution in [0.4, 0.5) is 10.6 Å². The Bertz CT molecular complexity index is 1220. The van der Waals surface area contributed by atoms with E-state index >= 15 is 0 Å². The van der Waals surface area contributed by atoms with Gasteiger partial charge in [0.2, 0.25) is 5.91 Å². The molecule has 5 N–H and O–H groups in total. The van der Waals surface area contributed by atoms with Crippen LogP contribution in [0.3, 0.4) is 0 Å². The quantitative estimate of drug-likeness (QED) is 0.489. The third-order valence-corrected chi connectivity index (χ3v) is 6.38. The number of aliphatic hydroxyl groups excluding tert-OH is 1. The fraction of sp³-hybridized carbons (Fsp3) is 0.320. The van der Waals surface area contributed by atoms with Crippen LogP contribution in [-0.2, 0) is 5.41 Å². The molecule has 1 aliphatic rings. The van der Waals surface area contributed by atoms with Crippen molar-refractivity contribution in [3.63, 3.8) is 0 Å². The van der Waals surface area contributed by atoms with E-state index in [0.29, 0.717) is 23.4 Å². The number of urea groups is 1. The molecule has 3 amide bonds. The number of carbonyl (C=O) groups excluding carboxylic acids is 2. The van der Waals surface area contributed by atoms with Crippen LogP contribution in [0, 0.1) is 13.8 Å². The second-order valence-electron chi connectivity index (χ2n) is 9.20. The summed E-state index contributed by atoms with van der Waals surface area (Å²) in [4.78, 5) is 24.9. The predicted octanol–water partition coefficient (Wildman–Crippen LogP) is 3.49. The lowest BCUT2D eigenvalue weighted by Gasteiger charge is -2.40. The summed E-state index contributed by atoms with van der Waals surface area (Å²) in [6, 6.07) is 13.6. The molecule has 3 aromatic rings. The zero-order valence-electron chi connectivity index (χ0n) is 19.2. The summed E-state index contributed by atoms with van der Waals surface area (Å²) in [6.45, 7) is 7.83. The molecule has 1 aliphatic carbocycles. The van der Waals surface area contributed by atoms with Gasteiger partial charge in [-0.1, -0.05) is 38.1 Å². The molecule has 1 aromatic heterocycles. The highest BCUT2D eigenvalue weighted by Crippen LogP contribution is 2.42. The van der Waals surface area contributed by atoms with Crippen molar-refractivity contribution in [2.45, 2.75) is 51.7 Å². The number of hydrogen-bond donors (Lipinski definition) is 4. The molecule has 0 aliphatic heterocycles. The van der Waals surface area contributed by atoms with Gasteiger partial charge in [0.05, 0.1) is 23.5 Å². The highest BCUT2D eigenvalue weighted by atomic mass is 16.3. The fourth-order valence-corrected chi connectivity index (χ4v) is 4.51. The number of amides is 3. The van der Waals surface area contributed by atoms with Crippen LogP contribution in [0.15, 0.2) is 48.5 Å². The Balaban J connectivity index is 1.65. The number of rotatable bonds is 4. The zero-order chi connectivity index (χ0) is 23.9. The number of benzene rings is 2. The largest absolute Gasteiger partial charge is 0.391 e. The Hall–Kier alpha value is -3.65. The molecule has 172 valence electrons. The maximum absolute atomic E-state index is 13.1. The normalized spacial score (nSPS) is 18.9. The zero-order valence-corrected chi connectivity index (χ0v) is 19.2. The third kappa shape index (κ3) is 4.21. The van der Waals surface area contributed by atoms with Crippen LogP contribution < -0.4 is 16.4 Å². The Kier molecular flexibility index (Phi) is 5.71. The first-order chi connectivity index (χ1) is 15.6. The summed E-state index contributed by atoms with van der Waals surface area (Å²) < 4.78 is 1.68. The molecule has 2 atom stereocenters. The number of fused-ring (bicyclic) bond motifs is 1. The minimum atomic E-state index is -0.830. The van der Waals surface area contributed by atoms with Crippen molar-refractivity contribution < 1.29 is 14.7 Å². The lowest BCUT2D eigenvalue weighted by Crippen LogP contribution is -2.45. The predicted molar refractivity (Wildman–Crippen MR) is 127 cm³/mol. The highest BCUT2D eigenvalue weighted by molar-refractivity contribution is 5.93. The summed E-state index contributed by atoms with van der Waals surface area (Å²) in [5.74, 6) is -0.00956. The van der Waals surface area contributed by atoms with Crippen LogP contribution >= 0.6 is 0 Å². The Morgan fingerprint density at radius 3 is 2.52 bits per heavy atom. The molecule has 8 nitrogen and oxygen atoms in total. The first kappa shape index (κ1) is 22.5. The molecule has 2 aromatic carbocycles. The number of hydrogen-bond acceptors (Lipinski definition) is 4. The minimum Gasteiger partial charge on any atom is -0.391 e. The minimum absolute atomic E-state index is 0.320. The summed E-state index contributed by atoms with van der Waals surface area (Å²) in [6.07, 6.45) is -0.371. The van der Waals surface area contributed by atoms with Crippen molar-refractivity contribution in [3.8, 4) is 5.69 Å². The molecule has 0 fully saturated rings. The first-order valence-corrected chi connectivity index (χ1v) is 10.9. The topological polar surface area (TPSA) is 122 Å². The Labute approximate surface area is 192 Å². The molecule has 0 saturated heterocycles. The van der Waals surface area contributed by atoms with E-state index in [1.807, 2.05) is 64.1 Å². The van der Waals surface area contributed by atoms with Gasteiger partial charge >= 0.3 is 6.03 Å². The molecule has 33 heavy (non-hydrogen) atoms. The number of anilines is 1. The third-order valence-electron chi connectivity index (χ3n) is 6.38. The van der Waals surface area contributed by atoms with E-state index in [1.54, 1.807) is 16.8 Å². The van der Waals surface area contributed by atoms with E-state index in [1.165, 1.54) is 0 Å². The van der Waals surface area contributed by atoms with Gasteiger partial charge in [-0.2, -0.15) is 5.10 Å². The standard InChI is InChI=1S/C25H29N5O3/c1-14-15(2)29-30(17-8-6-5-7-9-17)23(14)28-24(33)27-21-18-12-16(22(26)32)10-11-19(18)25(3,4)13-20(21)31/h5-12,20-21,31H,13H2,1-4H3,(H2,26,32)(H2,27,28,33)/t20-,21?/m1/s1. The fourth-order valence-electron chi connectivity index (χ4n) is 4.51. The summed E-state index contributed by atoms with van der Waals surface area (Å²) in [7, 11) is 0. The molecule has 0 radical (unpaired) electrons. The molecule has 8 heteroatoms. The van der Waals surface area contributed by atoms with Crippen LogP contribution in [0.25, 0.3) is 5.69 Å². The average molecular weight is 448 g/mol. The van der Waals surface area contributed by atoms with Gasteiger partial charge in [0.25, 0.3) is 0 Å². The molecular weight excluding hydrogens is 418 g/mol. The molecule has 1 heterocycles. The number of aliphatic hydroxyl groups is 1. The van der Waals surface area contributed by atoms with Gasteiger partial charge in [-0.05, 0) is 61.1 Å². The van der Waals surface area contributed by atoms with Crippen molar-refractivity contribution in [2.75, 3.05) is 5.32 Å². The Morgan fingerprint density at radius 1 is 1.15 bits per heavy atom. The number of primary amides is 1. The van der Waals surface area contributed by atoms with Gasteiger partial charge in [0, 0.05) is 11.1 Å². The van der Waals surface area contributed by atoms with E-state index in [0.717, 1.165) is 22.5 Å². The molecular formula is C25H29N5O3. The van der Waals surface area contributed by atoms with Crippen LogP contribution in [0.2, 0.25) is 0 Å². The lowest BCUT2D eigenvalue weighted by atomic mass is 9.69. The molecule has 0 spiro atoms. The van der Waals surface area contributed by atoms with E-state index in [9.17, 15) is 14.7 Å². The molecule has 0 bridgehead atoms. The molecule has 0 saturated carbocycles. The number of carbonyl (C=O) groups is 2. The van der Waals surface area contributed by atoms with Crippen molar-refractivity contribution >= 4 is 17.8 Å². The van der Waals surface area contributed by atoms with E-state index in [4.69, 9.17) is 5.73 Å². The van der Waals surface area contributed by atoms with Gasteiger partial charge in [0.15, 0.2) is 0 Å². The van der Waals surface area contributed by atoms with Crippen LogP contribution in [0.5, 0.6) is 0 Å². The monoisotopic (exact) mass is 447 g/mol. The van der Waals surface area contributed by atoms with E-state index in [-0.39, 0.29) is 5.41 Å². The number of aromatic nitrogens is 2. The first-order valence-electron chi connectivity index (χ1n) is 10.9. The van der Waals surface area contributed by atoms with Crippen molar-refractivity contribution in [3.05, 3.63) is 76.5 Å². The Morgan fingerprint density at radius 2 is 1.85 bits per heavy atom. The summed E-state index contributed by atoms with van der Waals surface area (Å²) >= 11 is 0. The average Bonchev–Trinajstić information content (AvgIpc) is 3.05. The van der Waals surface area contributed by atoms with Crippen LogP contribution in [-0.4, -0.2) is 32.9 Å². The van der Waals surface area contributed by atoms with Crippen molar-refractivity contribution in [1.82, 2.24) is 15.1 Å². The van der Waals surface area contributed by atoms with E-state index < -0.39 is 24.1 Å². The second kappa shape index (κ2) is 8.37. The van der Waals surface area contributed by atoms with Crippen LogP contribution in [0.1, 0.15) is 59.1 Å². The van der Waals surface area contributed by atoms with Crippen molar-refractivity contribution in [1.29, 1.82) is 0 Å². The number of nitrogens with zero attached hydrogens (tertiary/aromatic N) is 2. The molecule has 1 unspecified atom stereocenters. The maximum atomic E-state index is 13.1. The van der Waals surface area contributed by atoms with Gasteiger partial charge in [-0.3, -0.25) is 10.1 Å². The van der Waals surface area contributed by atoms with Gasteiger partial charge in [0.1, 0.15) is 5.82 Å². The maximum Gasteiger partial charge on any atom is 0.320 e. The van der Waals surface area contributed by atoms with Gasteiger partial charge < -0.3 is 16.2 Å². The second-order valence-corrected chi connectivity index (χ2v) is 9.20. The number of nitrogens with one attached hydrogen (secondary N) is 2. The van der Waals surface area contributed by atoms with Gasteiger partial charge in [-0.25, -0.2) is 9.48 Å². The number of para-hydroxylation sites is 1. The lowest BCUT2D eigenvalue weighted by molar-refractivity contribution is 0.0879. The van der Waals surface area contributed by atoms with Gasteiger partial charge in [-0.15, -0.1) is 0 Å². The SMILES string of the molecule is Cc1nn(-c2ccccc2)c(NC(=O)NC2c3cc(C(N)=O)ccc3C(C)(C)C[C@H]2O)c1C. The summed E-state index contributed by atoms with van der Waals surface area (Å²) in [5, 5.41) is 21.3. The number of aryl methyl sites for hydroxylation is 1. The van der Waals surface area contributed by atoms with E-state index in [2.05, 4.69) is 15.7 Å². The summed E-state index contributed by atoms with van der Waals surface area (Å²) in [5.41, 5.74) is 9.60. The smallest absolute Gasteiger partial charge is 0.320 e. The van der Waals surface area contributed by atoms with Crippen molar-refractivity contribution in [2.24, 2.45) is 5.73 Å².